The fourth-order valence-electron chi connectivity index (χ4n) is 2.17. The highest BCUT2D eigenvalue weighted by molar-refractivity contribution is 8.00. The summed E-state index contributed by atoms with van der Waals surface area (Å²) in [5.41, 5.74) is 3.88. The van der Waals surface area contributed by atoms with Gasteiger partial charge >= 0.3 is 0 Å². The molecule has 1 unspecified atom stereocenters. The molecule has 1 aromatic carbocycles. The summed E-state index contributed by atoms with van der Waals surface area (Å²) in [5.74, 6) is 1.83. The van der Waals surface area contributed by atoms with E-state index in [9.17, 15) is 0 Å². The Morgan fingerprint density at radius 3 is 3.00 bits per heavy atom. The normalized spacial score (nSPS) is 21.2. The predicted octanol–water partition coefficient (Wildman–Crippen LogP) is 3.68. The van der Waals surface area contributed by atoms with Gasteiger partial charge in [-0.05, 0) is 18.6 Å². The summed E-state index contributed by atoms with van der Waals surface area (Å²) < 4.78 is 0. The van der Waals surface area contributed by atoms with Gasteiger partial charge in [-0.25, -0.2) is 0 Å². The van der Waals surface area contributed by atoms with Gasteiger partial charge in [-0.3, -0.25) is 0 Å². The number of hydrogen-bond donors (Lipinski definition) is 0. The number of halogens is 1. The van der Waals surface area contributed by atoms with Crippen molar-refractivity contribution in [3.8, 4) is 0 Å². The van der Waals surface area contributed by atoms with Crippen molar-refractivity contribution in [2.45, 2.75) is 25.0 Å². The van der Waals surface area contributed by atoms with Crippen LogP contribution < -0.4 is 4.90 Å². The number of hydrogen-bond acceptors (Lipinski definition) is 2. The largest absolute Gasteiger partial charge is 0.369 e. The molecule has 1 aliphatic heterocycles. The summed E-state index contributed by atoms with van der Waals surface area (Å²) in [6.07, 6.45) is 0. The lowest BCUT2D eigenvalue weighted by Gasteiger charge is -2.33. The number of thioether (sulfide) groups is 1. The summed E-state index contributed by atoms with van der Waals surface area (Å²) in [6, 6.07) is 6.60. The molecular formula is C13H18ClNS. The highest BCUT2D eigenvalue weighted by Crippen LogP contribution is 2.28. The second kappa shape index (κ2) is 5.33. The van der Waals surface area contributed by atoms with Crippen LogP contribution in [0.5, 0.6) is 0 Å². The number of benzene rings is 1. The second-order valence-electron chi connectivity index (χ2n) is 4.39. The van der Waals surface area contributed by atoms with E-state index in [0.29, 0.717) is 5.88 Å². The number of nitrogens with zero attached hydrogens (tertiary/aromatic N) is 1. The fourth-order valence-corrected chi connectivity index (χ4v) is 3.39. The van der Waals surface area contributed by atoms with Gasteiger partial charge in [0, 0.05) is 35.7 Å². The fraction of sp³-hybridized carbons (Fsp3) is 0.538. The summed E-state index contributed by atoms with van der Waals surface area (Å²) in [5, 5.41) is 0.721. The summed E-state index contributed by atoms with van der Waals surface area (Å²) in [6.45, 7) is 6.69. The molecule has 1 saturated heterocycles. The zero-order valence-corrected chi connectivity index (χ0v) is 11.4. The molecule has 1 nitrogen and oxygen atoms in total. The smallest absolute Gasteiger partial charge is 0.0494 e. The SMILES string of the molecule is Cc1ccc(N2CCSC(C)C2)c(CCl)c1. The Morgan fingerprint density at radius 1 is 1.50 bits per heavy atom. The van der Waals surface area contributed by atoms with Crippen molar-refractivity contribution in [1.29, 1.82) is 0 Å². The molecule has 88 valence electrons. The summed E-state index contributed by atoms with van der Waals surface area (Å²) in [7, 11) is 0. The van der Waals surface area contributed by atoms with Crippen molar-refractivity contribution in [2.75, 3.05) is 23.7 Å². The Bertz CT molecular complexity index is 367. The molecule has 0 aliphatic carbocycles. The standard InChI is InChI=1S/C13H18ClNS/c1-10-3-4-13(12(7-10)8-14)15-5-6-16-11(2)9-15/h3-4,7,11H,5-6,8-9H2,1-2H3. The average Bonchev–Trinajstić information content (AvgIpc) is 2.28. The van der Waals surface area contributed by atoms with Crippen LogP contribution in [0.25, 0.3) is 0 Å². The third-order valence-corrected chi connectivity index (χ3v) is 4.39. The zero-order chi connectivity index (χ0) is 11.5. The molecule has 0 bridgehead atoms. The van der Waals surface area contributed by atoms with E-state index in [1.165, 1.54) is 22.6 Å². The lowest BCUT2D eigenvalue weighted by atomic mass is 10.1. The Hall–Kier alpha value is -0.340. The predicted molar refractivity (Wildman–Crippen MR) is 74.9 cm³/mol. The van der Waals surface area contributed by atoms with Crippen LogP contribution in [-0.4, -0.2) is 24.1 Å². The average molecular weight is 256 g/mol. The van der Waals surface area contributed by atoms with Crippen molar-refractivity contribution in [3.63, 3.8) is 0 Å². The van der Waals surface area contributed by atoms with Crippen LogP contribution in [0.1, 0.15) is 18.1 Å². The van der Waals surface area contributed by atoms with E-state index in [1.807, 2.05) is 0 Å². The molecule has 1 atom stereocenters. The van der Waals surface area contributed by atoms with Gasteiger partial charge < -0.3 is 4.90 Å². The lowest BCUT2D eigenvalue weighted by molar-refractivity contribution is 0.779. The van der Waals surface area contributed by atoms with Gasteiger partial charge in [0.2, 0.25) is 0 Å². The highest BCUT2D eigenvalue weighted by atomic mass is 35.5. The molecular weight excluding hydrogens is 238 g/mol. The summed E-state index contributed by atoms with van der Waals surface area (Å²) in [4.78, 5) is 2.47. The minimum absolute atomic E-state index is 0.606. The monoisotopic (exact) mass is 255 g/mol. The Labute approximate surface area is 107 Å². The third kappa shape index (κ3) is 2.67. The zero-order valence-electron chi connectivity index (χ0n) is 9.87. The van der Waals surface area contributed by atoms with Crippen molar-refractivity contribution < 1.29 is 0 Å². The van der Waals surface area contributed by atoms with Gasteiger partial charge in [0.15, 0.2) is 0 Å². The number of rotatable bonds is 2. The van der Waals surface area contributed by atoms with E-state index in [2.05, 4.69) is 48.7 Å². The van der Waals surface area contributed by atoms with E-state index in [-0.39, 0.29) is 0 Å². The van der Waals surface area contributed by atoms with Gasteiger partial charge in [0.1, 0.15) is 0 Å². The molecule has 1 heterocycles. The quantitative estimate of drug-likeness (QED) is 0.742. The van der Waals surface area contributed by atoms with E-state index in [0.717, 1.165) is 18.3 Å². The molecule has 16 heavy (non-hydrogen) atoms. The molecule has 0 spiro atoms. The number of anilines is 1. The van der Waals surface area contributed by atoms with Crippen LogP contribution in [0, 0.1) is 6.92 Å². The van der Waals surface area contributed by atoms with Gasteiger partial charge in [0.25, 0.3) is 0 Å². The van der Waals surface area contributed by atoms with Crippen LogP contribution in [0.15, 0.2) is 18.2 Å². The summed E-state index contributed by atoms with van der Waals surface area (Å²) >= 11 is 8.09. The van der Waals surface area contributed by atoms with Gasteiger partial charge in [0.05, 0.1) is 0 Å². The molecule has 1 fully saturated rings. The minimum Gasteiger partial charge on any atom is -0.369 e. The van der Waals surface area contributed by atoms with E-state index in [4.69, 9.17) is 11.6 Å². The number of alkyl halides is 1. The van der Waals surface area contributed by atoms with Crippen molar-refractivity contribution in [2.24, 2.45) is 0 Å². The highest BCUT2D eigenvalue weighted by Gasteiger charge is 2.18. The van der Waals surface area contributed by atoms with E-state index >= 15 is 0 Å². The van der Waals surface area contributed by atoms with E-state index in [1.54, 1.807) is 0 Å². The molecule has 0 radical (unpaired) electrons. The first-order chi connectivity index (χ1) is 7.70. The second-order valence-corrected chi connectivity index (χ2v) is 6.21. The molecule has 0 saturated carbocycles. The maximum Gasteiger partial charge on any atom is 0.0494 e. The lowest BCUT2D eigenvalue weighted by Crippen LogP contribution is -2.37. The van der Waals surface area contributed by atoms with Crippen LogP contribution in [0.4, 0.5) is 5.69 Å². The Balaban J connectivity index is 2.24. The van der Waals surface area contributed by atoms with Crippen molar-refractivity contribution >= 4 is 29.1 Å². The van der Waals surface area contributed by atoms with Gasteiger partial charge in [-0.2, -0.15) is 11.8 Å². The van der Waals surface area contributed by atoms with Crippen molar-refractivity contribution in [1.82, 2.24) is 0 Å². The minimum atomic E-state index is 0.606. The molecule has 0 amide bonds. The van der Waals surface area contributed by atoms with Crippen LogP contribution in [-0.2, 0) is 5.88 Å². The maximum atomic E-state index is 6.03. The first-order valence-electron chi connectivity index (χ1n) is 5.72. The van der Waals surface area contributed by atoms with Gasteiger partial charge in [-0.1, -0.05) is 24.6 Å². The molecule has 2 rings (SSSR count). The topological polar surface area (TPSA) is 3.24 Å². The number of aryl methyl sites for hydroxylation is 1. The van der Waals surface area contributed by atoms with Gasteiger partial charge in [-0.15, -0.1) is 11.6 Å². The first-order valence-corrected chi connectivity index (χ1v) is 7.31. The molecule has 3 heteroatoms. The molecule has 0 aromatic heterocycles. The maximum absolute atomic E-state index is 6.03. The van der Waals surface area contributed by atoms with E-state index < -0.39 is 0 Å². The van der Waals surface area contributed by atoms with Crippen LogP contribution in [0.2, 0.25) is 0 Å². The molecule has 0 N–H and O–H groups in total. The molecule has 1 aromatic rings. The van der Waals surface area contributed by atoms with Crippen LogP contribution in [0.3, 0.4) is 0 Å². The van der Waals surface area contributed by atoms with Crippen molar-refractivity contribution in [3.05, 3.63) is 29.3 Å². The third-order valence-electron chi connectivity index (χ3n) is 2.96. The molecule has 1 aliphatic rings. The Kier molecular flexibility index (Phi) is 4.04. The van der Waals surface area contributed by atoms with Crippen LogP contribution >= 0.6 is 23.4 Å². The Morgan fingerprint density at radius 2 is 2.31 bits per heavy atom. The first kappa shape index (κ1) is 12.1.